The van der Waals surface area contributed by atoms with Crippen LogP contribution in [0.25, 0.3) is 0 Å². The molecule has 2 aromatic rings. The van der Waals surface area contributed by atoms with E-state index < -0.39 is 6.10 Å². The van der Waals surface area contributed by atoms with E-state index in [1.807, 2.05) is 39.3 Å². The van der Waals surface area contributed by atoms with E-state index in [1.54, 1.807) is 10.9 Å². The van der Waals surface area contributed by atoms with Crippen LogP contribution >= 0.6 is 0 Å². The Labute approximate surface area is 95.4 Å². The minimum absolute atomic E-state index is 0.521. The zero-order chi connectivity index (χ0) is 11.5. The van der Waals surface area contributed by atoms with Crippen LogP contribution in [0, 0.1) is 0 Å². The maximum Gasteiger partial charge on any atom is 0.163 e. The van der Waals surface area contributed by atoms with E-state index in [9.17, 15) is 5.11 Å². The molecule has 1 N–H and O–H groups in total. The molecule has 2 heterocycles. The van der Waals surface area contributed by atoms with Crippen molar-refractivity contribution in [3.05, 3.63) is 41.9 Å². The largest absolute Gasteiger partial charge is 0.388 e. The van der Waals surface area contributed by atoms with Crippen molar-refractivity contribution in [3.63, 3.8) is 0 Å². The summed E-state index contributed by atoms with van der Waals surface area (Å²) in [7, 11) is 3.78. The molecule has 0 aliphatic carbocycles. The Hall–Kier alpha value is -1.62. The Kier molecular flexibility index (Phi) is 3.06. The Balaban J connectivity index is 2.10. The molecule has 2 rings (SSSR count). The van der Waals surface area contributed by atoms with Gasteiger partial charge in [-0.15, -0.1) is 0 Å². The highest BCUT2D eigenvalue weighted by atomic mass is 16.3. The van der Waals surface area contributed by atoms with Gasteiger partial charge in [0.15, 0.2) is 7.85 Å². The number of aliphatic hydroxyl groups is 1. The van der Waals surface area contributed by atoms with Crippen molar-refractivity contribution in [1.82, 2.24) is 14.8 Å². The molecule has 0 spiro atoms. The van der Waals surface area contributed by atoms with Crippen LogP contribution in [0.2, 0.25) is 0 Å². The summed E-state index contributed by atoms with van der Waals surface area (Å²) in [5.41, 5.74) is 2.69. The van der Waals surface area contributed by atoms with Gasteiger partial charge in [0.2, 0.25) is 0 Å². The third kappa shape index (κ3) is 2.49. The van der Waals surface area contributed by atoms with E-state index in [0.29, 0.717) is 6.42 Å². The first-order chi connectivity index (χ1) is 7.65. The molecular formula is C11H14BN3O. The summed E-state index contributed by atoms with van der Waals surface area (Å²) >= 11 is 0. The summed E-state index contributed by atoms with van der Waals surface area (Å²) < 4.78 is 1.68. The van der Waals surface area contributed by atoms with E-state index in [0.717, 1.165) is 16.9 Å². The number of pyridine rings is 1. The fourth-order valence-corrected chi connectivity index (χ4v) is 1.64. The number of hydrogen-bond donors (Lipinski definition) is 1. The van der Waals surface area contributed by atoms with Crippen LogP contribution in [-0.4, -0.2) is 27.7 Å². The number of aliphatic hydroxyl groups excluding tert-OH is 1. The lowest BCUT2D eigenvalue weighted by atomic mass is 10.0. The second-order valence-electron chi connectivity index (χ2n) is 3.94. The van der Waals surface area contributed by atoms with Crippen molar-refractivity contribution in [2.24, 2.45) is 7.05 Å². The second-order valence-corrected chi connectivity index (χ2v) is 3.94. The van der Waals surface area contributed by atoms with Crippen molar-refractivity contribution in [3.8, 4) is 0 Å². The molecule has 2 aromatic heterocycles. The van der Waals surface area contributed by atoms with E-state index in [2.05, 4.69) is 10.1 Å². The summed E-state index contributed by atoms with van der Waals surface area (Å²) in [6.45, 7) is 0. The molecule has 0 aliphatic heterocycles. The van der Waals surface area contributed by atoms with Gasteiger partial charge in [0.25, 0.3) is 0 Å². The fraction of sp³-hybridized carbons (Fsp3) is 0.273. The molecule has 16 heavy (non-hydrogen) atoms. The average Bonchev–Trinajstić information content (AvgIpc) is 2.65. The molecule has 4 nitrogen and oxygen atoms in total. The lowest BCUT2D eigenvalue weighted by Gasteiger charge is -2.08. The molecule has 0 saturated heterocycles. The van der Waals surface area contributed by atoms with E-state index >= 15 is 0 Å². The minimum atomic E-state index is -0.539. The van der Waals surface area contributed by atoms with Crippen LogP contribution in [-0.2, 0) is 13.5 Å². The number of aromatic nitrogens is 3. The lowest BCUT2D eigenvalue weighted by molar-refractivity contribution is 0.177. The first-order valence-corrected chi connectivity index (χ1v) is 5.24. The second kappa shape index (κ2) is 4.49. The van der Waals surface area contributed by atoms with Gasteiger partial charge >= 0.3 is 0 Å². The average molecular weight is 215 g/mol. The quantitative estimate of drug-likeness (QED) is 0.692. The molecule has 0 fully saturated rings. The Morgan fingerprint density at radius 3 is 2.94 bits per heavy atom. The van der Waals surface area contributed by atoms with Crippen LogP contribution in [0.15, 0.2) is 30.6 Å². The van der Waals surface area contributed by atoms with Gasteiger partial charge in [0.1, 0.15) is 0 Å². The van der Waals surface area contributed by atoms with E-state index in [4.69, 9.17) is 0 Å². The van der Waals surface area contributed by atoms with Gasteiger partial charge in [-0.05, 0) is 11.7 Å². The van der Waals surface area contributed by atoms with Gasteiger partial charge in [-0.3, -0.25) is 9.67 Å². The number of hydrogen-bond acceptors (Lipinski definition) is 3. The molecule has 0 amide bonds. The molecule has 0 bridgehead atoms. The highest BCUT2D eigenvalue weighted by molar-refractivity contribution is 6.30. The molecular weight excluding hydrogens is 201 g/mol. The molecule has 0 radical (unpaired) electrons. The maximum absolute atomic E-state index is 9.98. The highest BCUT2D eigenvalue weighted by Crippen LogP contribution is 2.15. The van der Waals surface area contributed by atoms with Gasteiger partial charge in [-0.1, -0.05) is 12.1 Å². The van der Waals surface area contributed by atoms with E-state index in [-0.39, 0.29) is 0 Å². The van der Waals surface area contributed by atoms with Crippen LogP contribution in [0.4, 0.5) is 0 Å². The number of rotatable bonds is 3. The van der Waals surface area contributed by atoms with Crippen molar-refractivity contribution in [1.29, 1.82) is 0 Å². The normalized spacial score (nSPS) is 12.6. The summed E-state index contributed by atoms with van der Waals surface area (Å²) in [5.74, 6) is 0. The van der Waals surface area contributed by atoms with Crippen molar-refractivity contribution >= 4 is 13.4 Å². The molecule has 0 aromatic carbocycles. The third-order valence-corrected chi connectivity index (χ3v) is 2.46. The third-order valence-electron chi connectivity index (χ3n) is 2.46. The lowest BCUT2D eigenvalue weighted by Crippen LogP contribution is -2.11. The first-order valence-electron chi connectivity index (χ1n) is 5.24. The van der Waals surface area contributed by atoms with Crippen LogP contribution in [0.5, 0.6) is 0 Å². The molecule has 0 saturated carbocycles. The standard InChI is InChI=1S/C11H14BN3O/c1-15-7-8(6-13-15)10(16)5-9-3-2-4-11(12)14-9/h2-4,6-7,10,16H,5,12H2,1H3. The monoisotopic (exact) mass is 215 g/mol. The molecule has 82 valence electrons. The van der Waals surface area contributed by atoms with Gasteiger partial charge in [-0.25, -0.2) is 0 Å². The van der Waals surface area contributed by atoms with Gasteiger partial charge < -0.3 is 5.11 Å². The molecule has 5 heteroatoms. The van der Waals surface area contributed by atoms with Crippen molar-refractivity contribution in [2.45, 2.75) is 12.5 Å². The number of nitrogens with zero attached hydrogens (tertiary/aromatic N) is 3. The molecule has 0 aliphatic rings. The zero-order valence-electron chi connectivity index (χ0n) is 9.46. The highest BCUT2D eigenvalue weighted by Gasteiger charge is 2.11. The van der Waals surface area contributed by atoms with E-state index in [1.165, 1.54) is 0 Å². The van der Waals surface area contributed by atoms with Crippen LogP contribution < -0.4 is 5.59 Å². The Morgan fingerprint density at radius 2 is 2.31 bits per heavy atom. The Bertz CT molecular complexity index is 484. The first kappa shape index (κ1) is 10.9. The minimum Gasteiger partial charge on any atom is -0.388 e. The smallest absolute Gasteiger partial charge is 0.163 e. The Morgan fingerprint density at radius 1 is 1.50 bits per heavy atom. The molecule has 1 unspecified atom stereocenters. The summed E-state index contributed by atoms with van der Waals surface area (Å²) in [6.07, 6.45) is 3.48. The summed E-state index contributed by atoms with van der Waals surface area (Å²) in [4.78, 5) is 4.36. The molecule has 1 atom stereocenters. The van der Waals surface area contributed by atoms with Gasteiger partial charge in [-0.2, -0.15) is 5.10 Å². The van der Waals surface area contributed by atoms with Gasteiger partial charge in [0, 0.05) is 30.9 Å². The van der Waals surface area contributed by atoms with Crippen molar-refractivity contribution < 1.29 is 5.11 Å². The predicted octanol–water partition coefficient (Wildman–Crippen LogP) is -0.650. The van der Waals surface area contributed by atoms with Crippen LogP contribution in [0.3, 0.4) is 0 Å². The van der Waals surface area contributed by atoms with Gasteiger partial charge in [0.05, 0.1) is 12.3 Å². The summed E-state index contributed by atoms with van der Waals surface area (Å²) in [5, 5.41) is 14.0. The fourth-order valence-electron chi connectivity index (χ4n) is 1.64. The van der Waals surface area contributed by atoms with Crippen molar-refractivity contribution in [2.75, 3.05) is 0 Å². The predicted molar refractivity (Wildman–Crippen MR) is 64.3 cm³/mol. The van der Waals surface area contributed by atoms with Crippen LogP contribution in [0.1, 0.15) is 17.4 Å². The summed E-state index contributed by atoms with van der Waals surface area (Å²) in [6, 6.07) is 5.82. The maximum atomic E-state index is 9.98. The number of aryl methyl sites for hydroxylation is 1. The topological polar surface area (TPSA) is 50.9 Å². The zero-order valence-corrected chi connectivity index (χ0v) is 9.46. The SMILES string of the molecule is Bc1cccc(CC(O)c2cnn(C)c2)n1.